The monoisotopic (exact) mass is 464 g/mol. The lowest BCUT2D eigenvalue weighted by Gasteiger charge is -2.10. The van der Waals surface area contributed by atoms with E-state index in [0.717, 1.165) is 0 Å². The fraction of sp³-hybridized carbons (Fsp3) is 0.0625. The van der Waals surface area contributed by atoms with Gasteiger partial charge in [0.15, 0.2) is 0 Å². The largest absolute Gasteiger partial charge is 0.545 e. The summed E-state index contributed by atoms with van der Waals surface area (Å²) in [6, 6.07) is 6.47. The predicted molar refractivity (Wildman–Crippen MR) is 93.2 cm³/mol. The molecule has 0 spiro atoms. The maximum Gasteiger partial charge on any atom is 0.534 e. The first-order valence-electron chi connectivity index (χ1n) is 7.55. The summed E-state index contributed by atoms with van der Waals surface area (Å²) in [5.41, 5.74) is -8.03. The molecule has 30 heavy (non-hydrogen) atoms. The highest BCUT2D eigenvalue weighted by Gasteiger charge is 2.49. The summed E-state index contributed by atoms with van der Waals surface area (Å²) < 4.78 is 69.6. The lowest BCUT2D eigenvalue weighted by atomic mass is 10.1. The molecule has 158 valence electrons. The number of carbonyl (C=O) groups is 1. The molecule has 2 aromatic carbocycles. The average Bonchev–Trinajstić information content (AvgIpc) is 2.98. The lowest BCUT2D eigenvalue weighted by molar-refractivity contribution is -0.385. The van der Waals surface area contributed by atoms with Crippen LogP contribution in [0.15, 0.2) is 40.8 Å². The normalized spacial score (nSPS) is 12.1. The topological polar surface area (TPSA) is 140 Å². The number of hydrogen-bond acceptors (Lipinski definition) is 8. The summed E-state index contributed by atoms with van der Waals surface area (Å²) in [7, 11) is -6.27. The second-order valence-electron chi connectivity index (χ2n) is 5.66. The van der Waals surface area contributed by atoms with Crippen LogP contribution in [0.1, 0.15) is 10.4 Å². The molecular formula is C16H6ClF3NO8S-. The van der Waals surface area contributed by atoms with E-state index in [9.17, 15) is 41.6 Å². The van der Waals surface area contributed by atoms with Crippen LogP contribution in [0.3, 0.4) is 0 Å². The van der Waals surface area contributed by atoms with Crippen LogP contribution in [-0.2, 0) is 10.1 Å². The van der Waals surface area contributed by atoms with Gasteiger partial charge >= 0.3 is 21.3 Å². The molecule has 0 aliphatic heterocycles. The maximum atomic E-state index is 12.6. The van der Waals surface area contributed by atoms with Gasteiger partial charge in [-0.05, 0) is 24.3 Å². The summed E-state index contributed by atoms with van der Waals surface area (Å²) in [4.78, 5) is 21.6. The van der Waals surface area contributed by atoms with Crippen LogP contribution in [0.5, 0.6) is 5.75 Å². The standard InChI is InChI=1S/C16H7ClF3NO8S/c17-8-3-1-7(2-4-8)14-13(15(22)23)9-5-12(29-30(26,27)16(18,19)20)10(21(24)25)6-11(9)28-14/h1-6H,(H,22,23)/p-1. The molecule has 14 heteroatoms. The summed E-state index contributed by atoms with van der Waals surface area (Å²) in [5.74, 6) is -3.53. The van der Waals surface area contributed by atoms with Crippen molar-refractivity contribution in [3.8, 4) is 17.1 Å². The number of nitro groups is 1. The molecule has 0 atom stereocenters. The summed E-state index contributed by atoms with van der Waals surface area (Å²) in [5, 5.41) is 22.7. The fourth-order valence-electron chi connectivity index (χ4n) is 2.49. The Morgan fingerprint density at radius 3 is 2.27 bits per heavy atom. The Hall–Kier alpha value is -3.32. The molecule has 3 rings (SSSR count). The van der Waals surface area contributed by atoms with Gasteiger partial charge in [0, 0.05) is 22.0 Å². The minimum absolute atomic E-state index is 0.155. The molecule has 0 unspecified atom stereocenters. The SMILES string of the molecule is O=C([O-])c1c(-c2ccc(Cl)cc2)oc2cc([N+](=O)[O-])c(OS(=O)(=O)C(F)(F)F)cc12. The quantitative estimate of drug-likeness (QED) is 0.242. The van der Waals surface area contributed by atoms with Crippen molar-refractivity contribution in [1.82, 2.24) is 0 Å². The first-order valence-corrected chi connectivity index (χ1v) is 9.33. The van der Waals surface area contributed by atoms with Crippen molar-refractivity contribution in [1.29, 1.82) is 0 Å². The zero-order valence-corrected chi connectivity index (χ0v) is 15.7. The van der Waals surface area contributed by atoms with E-state index in [0.29, 0.717) is 17.2 Å². The molecule has 0 amide bonds. The molecule has 1 heterocycles. The van der Waals surface area contributed by atoms with Crippen molar-refractivity contribution in [2.75, 3.05) is 0 Å². The Labute approximate surface area is 169 Å². The van der Waals surface area contributed by atoms with Gasteiger partial charge < -0.3 is 18.5 Å². The fourth-order valence-corrected chi connectivity index (χ4v) is 3.08. The summed E-state index contributed by atoms with van der Waals surface area (Å²) in [6.07, 6.45) is 0. The Bertz CT molecular complexity index is 1280. The van der Waals surface area contributed by atoms with E-state index >= 15 is 0 Å². The Morgan fingerprint density at radius 2 is 1.77 bits per heavy atom. The van der Waals surface area contributed by atoms with Gasteiger partial charge in [-0.1, -0.05) is 11.6 Å². The van der Waals surface area contributed by atoms with Crippen molar-refractivity contribution >= 4 is 44.3 Å². The molecule has 0 radical (unpaired) electrons. The third-order valence-electron chi connectivity index (χ3n) is 3.76. The first-order chi connectivity index (χ1) is 13.8. The van der Waals surface area contributed by atoms with Gasteiger partial charge in [0.05, 0.1) is 22.5 Å². The second-order valence-corrected chi connectivity index (χ2v) is 7.63. The third kappa shape index (κ3) is 3.76. The Morgan fingerprint density at radius 1 is 1.17 bits per heavy atom. The van der Waals surface area contributed by atoms with Gasteiger partial charge in [-0.25, -0.2) is 0 Å². The van der Waals surface area contributed by atoms with E-state index in [-0.39, 0.29) is 11.3 Å². The molecule has 0 fully saturated rings. The highest BCUT2D eigenvalue weighted by atomic mass is 35.5. The molecule has 0 saturated heterocycles. The molecule has 0 bridgehead atoms. The molecule has 0 aliphatic rings. The molecule has 0 aliphatic carbocycles. The minimum Gasteiger partial charge on any atom is -0.545 e. The molecule has 0 N–H and O–H groups in total. The number of furan rings is 1. The number of carboxylic acid groups (broad SMARTS) is 1. The zero-order valence-electron chi connectivity index (χ0n) is 14.1. The number of halogens is 4. The van der Waals surface area contributed by atoms with Gasteiger partial charge in [0.2, 0.25) is 5.75 Å². The lowest BCUT2D eigenvalue weighted by Crippen LogP contribution is -2.28. The van der Waals surface area contributed by atoms with E-state index in [1.54, 1.807) is 0 Å². The molecule has 3 aromatic rings. The third-order valence-corrected chi connectivity index (χ3v) is 4.98. The number of carboxylic acids is 1. The van der Waals surface area contributed by atoms with Crippen LogP contribution in [-0.4, -0.2) is 24.8 Å². The minimum atomic E-state index is -6.27. The van der Waals surface area contributed by atoms with Crippen molar-refractivity contribution in [2.24, 2.45) is 0 Å². The van der Waals surface area contributed by atoms with Gasteiger partial charge in [-0.3, -0.25) is 10.1 Å². The number of alkyl halides is 3. The van der Waals surface area contributed by atoms with Crippen LogP contribution in [0.4, 0.5) is 18.9 Å². The molecular weight excluding hydrogens is 459 g/mol. The number of nitrogens with zero attached hydrogens (tertiary/aromatic N) is 1. The van der Waals surface area contributed by atoms with Crippen LogP contribution in [0.2, 0.25) is 5.02 Å². The zero-order chi connectivity index (χ0) is 22.4. The van der Waals surface area contributed by atoms with Crippen molar-refractivity contribution in [3.05, 3.63) is 57.1 Å². The van der Waals surface area contributed by atoms with Crippen LogP contribution in [0.25, 0.3) is 22.3 Å². The van der Waals surface area contributed by atoms with E-state index < -0.39 is 54.5 Å². The Balaban J connectivity index is 2.30. The highest BCUT2D eigenvalue weighted by Crippen LogP contribution is 2.41. The van der Waals surface area contributed by atoms with Gasteiger partial charge in [0.25, 0.3) is 0 Å². The van der Waals surface area contributed by atoms with E-state index in [2.05, 4.69) is 4.18 Å². The Kier molecular flexibility index (Phi) is 5.12. The molecule has 1 aromatic heterocycles. The predicted octanol–water partition coefficient (Wildman–Crippen LogP) is 3.25. The number of benzene rings is 2. The first kappa shape index (κ1) is 21.4. The van der Waals surface area contributed by atoms with Crippen LogP contribution < -0.4 is 9.29 Å². The number of rotatable bonds is 5. The van der Waals surface area contributed by atoms with Crippen molar-refractivity contribution < 1.29 is 45.0 Å². The second kappa shape index (κ2) is 7.18. The number of carbonyl (C=O) groups excluding carboxylic acids is 1. The number of nitro benzene ring substituents is 1. The molecule has 9 nitrogen and oxygen atoms in total. The van der Waals surface area contributed by atoms with Crippen molar-refractivity contribution in [2.45, 2.75) is 5.51 Å². The van der Waals surface area contributed by atoms with Crippen molar-refractivity contribution in [3.63, 3.8) is 0 Å². The molecule has 0 saturated carbocycles. The van der Waals surface area contributed by atoms with Crippen LogP contribution >= 0.6 is 11.6 Å². The average molecular weight is 465 g/mol. The highest BCUT2D eigenvalue weighted by molar-refractivity contribution is 7.88. The van der Waals surface area contributed by atoms with Crippen LogP contribution in [0, 0.1) is 10.1 Å². The maximum absolute atomic E-state index is 12.6. The van der Waals surface area contributed by atoms with E-state index in [1.165, 1.54) is 24.3 Å². The summed E-state index contributed by atoms with van der Waals surface area (Å²) >= 11 is 5.76. The van der Waals surface area contributed by atoms with E-state index in [4.69, 9.17) is 16.0 Å². The smallest absolute Gasteiger partial charge is 0.534 e. The van der Waals surface area contributed by atoms with Gasteiger partial charge in [-0.15, -0.1) is 0 Å². The van der Waals surface area contributed by atoms with Gasteiger partial charge in [-0.2, -0.15) is 21.6 Å². The van der Waals surface area contributed by atoms with Gasteiger partial charge in [0.1, 0.15) is 11.3 Å². The number of fused-ring (bicyclic) bond motifs is 1. The number of aromatic carboxylic acids is 1. The number of hydrogen-bond donors (Lipinski definition) is 0. The van der Waals surface area contributed by atoms with E-state index in [1.807, 2.05) is 0 Å². The summed E-state index contributed by atoms with van der Waals surface area (Å²) in [6.45, 7) is 0.